The maximum atomic E-state index is 12.2. The van der Waals surface area contributed by atoms with E-state index in [1.54, 1.807) is 24.3 Å². The van der Waals surface area contributed by atoms with Crippen LogP contribution < -0.4 is 5.32 Å². The third-order valence-corrected chi connectivity index (χ3v) is 3.50. The van der Waals surface area contributed by atoms with Crippen molar-refractivity contribution in [1.29, 1.82) is 0 Å². The normalized spacial score (nSPS) is 18.0. The van der Waals surface area contributed by atoms with Crippen molar-refractivity contribution in [3.63, 3.8) is 0 Å². The summed E-state index contributed by atoms with van der Waals surface area (Å²) < 4.78 is 0. The quantitative estimate of drug-likeness (QED) is 0.623. The molecular formula is C14H15ClN2O4. The molecule has 2 N–H and O–H groups in total. The Labute approximate surface area is 126 Å². The number of hydrogen-bond donors (Lipinski definition) is 2. The van der Waals surface area contributed by atoms with Gasteiger partial charge in [0.15, 0.2) is 0 Å². The smallest absolute Gasteiger partial charge is 0.325 e. The number of halogens is 1. The van der Waals surface area contributed by atoms with Crippen LogP contribution in [0, 0.1) is 0 Å². The van der Waals surface area contributed by atoms with Gasteiger partial charge in [-0.1, -0.05) is 23.7 Å². The van der Waals surface area contributed by atoms with Crippen molar-refractivity contribution in [2.75, 3.05) is 6.54 Å². The molecule has 7 heteroatoms. The summed E-state index contributed by atoms with van der Waals surface area (Å²) in [5.41, 5.74) is 0.672. The first-order valence-electron chi connectivity index (χ1n) is 6.58. The Bertz CT molecular complexity index is 559. The van der Waals surface area contributed by atoms with E-state index in [0.717, 1.165) is 4.90 Å². The second-order valence-electron chi connectivity index (χ2n) is 4.77. The maximum Gasteiger partial charge on any atom is 0.325 e. The Kier molecular flexibility index (Phi) is 4.80. The van der Waals surface area contributed by atoms with Crippen LogP contribution in [0.15, 0.2) is 24.3 Å². The Morgan fingerprint density at radius 2 is 1.90 bits per heavy atom. The summed E-state index contributed by atoms with van der Waals surface area (Å²) in [5, 5.41) is 11.7. The molecule has 3 amide bonds. The molecule has 1 aliphatic heterocycles. The second kappa shape index (κ2) is 6.58. The highest BCUT2D eigenvalue weighted by atomic mass is 35.5. The van der Waals surface area contributed by atoms with Gasteiger partial charge in [0.25, 0.3) is 5.91 Å². The minimum absolute atomic E-state index is 0.0320. The highest BCUT2D eigenvalue weighted by molar-refractivity contribution is 6.30. The molecule has 0 aliphatic carbocycles. The van der Waals surface area contributed by atoms with Gasteiger partial charge < -0.3 is 10.4 Å². The lowest BCUT2D eigenvalue weighted by molar-refractivity contribution is -0.137. The summed E-state index contributed by atoms with van der Waals surface area (Å²) in [6.45, 7) is 0.224. The average Bonchev–Trinajstić information content (AvgIpc) is 2.71. The highest BCUT2D eigenvalue weighted by Gasteiger charge is 2.38. The summed E-state index contributed by atoms with van der Waals surface area (Å²) >= 11 is 5.79. The molecule has 0 radical (unpaired) electrons. The fourth-order valence-corrected chi connectivity index (χ4v) is 2.28. The van der Waals surface area contributed by atoms with Crippen LogP contribution in [0.1, 0.15) is 30.9 Å². The highest BCUT2D eigenvalue weighted by Crippen LogP contribution is 2.23. The summed E-state index contributed by atoms with van der Waals surface area (Å²) in [7, 11) is 0. The van der Waals surface area contributed by atoms with E-state index in [9.17, 15) is 14.4 Å². The number of rotatable bonds is 6. The van der Waals surface area contributed by atoms with Crippen molar-refractivity contribution in [3.8, 4) is 0 Å². The van der Waals surface area contributed by atoms with E-state index in [4.69, 9.17) is 16.7 Å². The predicted molar refractivity (Wildman–Crippen MR) is 75.9 cm³/mol. The topological polar surface area (TPSA) is 86.7 Å². The van der Waals surface area contributed by atoms with Crippen molar-refractivity contribution in [2.24, 2.45) is 0 Å². The summed E-state index contributed by atoms with van der Waals surface area (Å²) in [6.07, 6.45) is 0.932. The largest absolute Gasteiger partial charge is 0.481 e. The average molecular weight is 311 g/mol. The van der Waals surface area contributed by atoms with Crippen LogP contribution in [0.2, 0.25) is 5.02 Å². The van der Waals surface area contributed by atoms with Crippen molar-refractivity contribution < 1.29 is 19.5 Å². The van der Waals surface area contributed by atoms with Gasteiger partial charge in [-0.3, -0.25) is 14.5 Å². The lowest BCUT2D eigenvalue weighted by Gasteiger charge is -2.12. The Balaban J connectivity index is 1.96. The summed E-state index contributed by atoms with van der Waals surface area (Å²) in [5.74, 6) is -1.20. The van der Waals surface area contributed by atoms with Crippen molar-refractivity contribution in [1.82, 2.24) is 10.2 Å². The number of hydrogen-bond acceptors (Lipinski definition) is 3. The van der Waals surface area contributed by atoms with E-state index in [-0.39, 0.29) is 18.9 Å². The van der Waals surface area contributed by atoms with Crippen LogP contribution in [-0.4, -0.2) is 34.5 Å². The molecule has 1 fully saturated rings. The van der Waals surface area contributed by atoms with Gasteiger partial charge in [-0.25, -0.2) is 4.79 Å². The Hall–Kier alpha value is -2.08. The molecule has 1 aliphatic rings. The number of carboxylic acids is 1. The van der Waals surface area contributed by atoms with Gasteiger partial charge in [-0.05, 0) is 30.5 Å². The minimum atomic E-state index is -0.883. The second-order valence-corrected chi connectivity index (χ2v) is 5.21. The number of nitrogens with one attached hydrogen (secondary N) is 1. The van der Waals surface area contributed by atoms with Crippen LogP contribution in [0.3, 0.4) is 0 Å². The van der Waals surface area contributed by atoms with Gasteiger partial charge in [-0.15, -0.1) is 0 Å². The first-order chi connectivity index (χ1) is 9.99. The summed E-state index contributed by atoms with van der Waals surface area (Å²) in [6, 6.07) is 5.56. The number of nitrogens with zero attached hydrogens (tertiary/aromatic N) is 1. The number of carbonyl (C=O) groups excluding carboxylic acids is 2. The lowest BCUT2D eigenvalue weighted by Crippen LogP contribution is -2.31. The number of amides is 3. The lowest BCUT2D eigenvalue weighted by atomic mass is 10.1. The molecule has 1 aromatic rings. The minimum Gasteiger partial charge on any atom is -0.481 e. The molecule has 6 nitrogen and oxygen atoms in total. The van der Waals surface area contributed by atoms with Gasteiger partial charge in [-0.2, -0.15) is 0 Å². The van der Waals surface area contributed by atoms with Crippen molar-refractivity contribution in [2.45, 2.75) is 25.3 Å². The van der Waals surface area contributed by atoms with Gasteiger partial charge in [0.05, 0.1) is 0 Å². The van der Waals surface area contributed by atoms with E-state index in [2.05, 4.69) is 5.32 Å². The molecule has 1 heterocycles. The van der Waals surface area contributed by atoms with Crippen LogP contribution >= 0.6 is 11.6 Å². The van der Waals surface area contributed by atoms with E-state index in [1.807, 2.05) is 0 Å². The first kappa shape index (κ1) is 15.3. The molecule has 112 valence electrons. The molecule has 2 rings (SSSR count). The third kappa shape index (κ3) is 3.72. The van der Waals surface area contributed by atoms with Gasteiger partial charge in [0.1, 0.15) is 6.04 Å². The predicted octanol–water partition coefficient (Wildman–Crippen LogP) is 2.19. The summed E-state index contributed by atoms with van der Waals surface area (Å²) in [4.78, 5) is 35.6. The zero-order chi connectivity index (χ0) is 15.4. The van der Waals surface area contributed by atoms with Crippen LogP contribution in [0.5, 0.6) is 0 Å². The number of benzene rings is 1. The molecule has 0 saturated carbocycles. The molecule has 0 bridgehead atoms. The fourth-order valence-electron chi connectivity index (χ4n) is 2.16. The molecule has 1 unspecified atom stereocenters. The molecule has 0 aromatic heterocycles. The van der Waals surface area contributed by atoms with Crippen molar-refractivity contribution in [3.05, 3.63) is 34.9 Å². The maximum absolute atomic E-state index is 12.2. The van der Waals surface area contributed by atoms with E-state index >= 15 is 0 Å². The Morgan fingerprint density at radius 1 is 1.24 bits per heavy atom. The fraction of sp³-hybridized carbons (Fsp3) is 0.357. The molecule has 1 aromatic carbocycles. The number of carboxylic acid groups (broad SMARTS) is 1. The molecule has 1 saturated heterocycles. The monoisotopic (exact) mass is 310 g/mol. The van der Waals surface area contributed by atoms with Crippen molar-refractivity contribution >= 4 is 29.5 Å². The van der Waals surface area contributed by atoms with Gasteiger partial charge >= 0.3 is 12.0 Å². The number of carbonyl (C=O) groups is 3. The van der Waals surface area contributed by atoms with Gasteiger partial charge in [0.2, 0.25) is 0 Å². The SMILES string of the molecule is O=C(O)CCCCN1C(=O)NC(c2ccc(Cl)cc2)C1=O. The van der Waals surface area contributed by atoms with Gasteiger partial charge in [0, 0.05) is 18.0 Å². The molecule has 21 heavy (non-hydrogen) atoms. The number of unbranched alkanes of at least 4 members (excludes halogenated alkanes) is 1. The molecule has 1 atom stereocenters. The zero-order valence-electron chi connectivity index (χ0n) is 11.2. The molecular weight excluding hydrogens is 296 g/mol. The third-order valence-electron chi connectivity index (χ3n) is 3.25. The van der Waals surface area contributed by atoms with Crippen LogP contribution in [0.4, 0.5) is 4.79 Å². The first-order valence-corrected chi connectivity index (χ1v) is 6.96. The number of aliphatic carboxylic acids is 1. The Morgan fingerprint density at radius 3 is 2.52 bits per heavy atom. The number of urea groups is 1. The van der Waals surface area contributed by atoms with Crippen LogP contribution in [0.25, 0.3) is 0 Å². The van der Waals surface area contributed by atoms with E-state index < -0.39 is 18.0 Å². The van der Waals surface area contributed by atoms with E-state index in [0.29, 0.717) is 23.4 Å². The molecule has 0 spiro atoms. The van der Waals surface area contributed by atoms with Crippen LogP contribution in [-0.2, 0) is 9.59 Å². The standard InChI is InChI=1S/C14H15ClN2O4/c15-10-6-4-9(5-7-10)12-13(20)17(14(21)16-12)8-2-1-3-11(18)19/h4-7,12H,1-3,8H2,(H,16,21)(H,18,19). The number of imide groups is 1. The zero-order valence-corrected chi connectivity index (χ0v) is 12.0. The van der Waals surface area contributed by atoms with E-state index in [1.165, 1.54) is 0 Å².